The van der Waals surface area contributed by atoms with Crippen LogP contribution >= 0.6 is 0 Å². The van der Waals surface area contributed by atoms with Crippen LogP contribution in [-0.2, 0) is 0 Å². The van der Waals surface area contributed by atoms with Crippen molar-refractivity contribution in [1.82, 2.24) is 0 Å². The van der Waals surface area contributed by atoms with Crippen molar-refractivity contribution < 1.29 is 40.2 Å². The summed E-state index contributed by atoms with van der Waals surface area (Å²) in [5.74, 6) is -12.0. The number of alkyl halides is 8. The van der Waals surface area contributed by atoms with Gasteiger partial charge in [-0.3, -0.25) is 0 Å². The number of hydrogen-bond acceptors (Lipinski definition) is 1. The topological polar surface area (TPSA) is 20.2 Å². The van der Waals surface area contributed by atoms with E-state index in [-0.39, 0.29) is 6.61 Å². The van der Waals surface area contributed by atoms with E-state index in [0.29, 0.717) is 0 Å². The molecule has 0 amide bonds. The SMILES string of the molecule is CCO.FC(F)C(F)(F)C(F)(F)C(F)F. The molecule has 0 aromatic rings. The lowest BCUT2D eigenvalue weighted by molar-refractivity contribution is -0.303. The highest BCUT2D eigenvalue weighted by Crippen LogP contribution is 2.42. The molecule has 0 aliphatic rings. The molecule has 0 aromatic heterocycles. The monoisotopic (exact) mass is 248 g/mol. The Balaban J connectivity index is 0. The number of aliphatic hydroxyl groups is 1. The Morgan fingerprint density at radius 1 is 0.867 bits per heavy atom. The smallest absolute Gasteiger partial charge is 0.375 e. The predicted octanol–water partition coefficient (Wildman–Crippen LogP) is 2.79. The first-order valence-corrected chi connectivity index (χ1v) is 3.48. The molecule has 0 bridgehead atoms. The molecule has 1 N–H and O–H groups in total. The van der Waals surface area contributed by atoms with Crippen molar-refractivity contribution >= 4 is 0 Å². The van der Waals surface area contributed by atoms with Gasteiger partial charge in [-0.1, -0.05) is 0 Å². The van der Waals surface area contributed by atoms with Gasteiger partial charge in [0.25, 0.3) is 0 Å². The second-order valence-electron chi connectivity index (χ2n) is 2.16. The van der Waals surface area contributed by atoms with E-state index in [9.17, 15) is 35.1 Å². The average Bonchev–Trinajstić information content (AvgIpc) is 2.04. The van der Waals surface area contributed by atoms with Crippen molar-refractivity contribution in [3.63, 3.8) is 0 Å². The minimum absolute atomic E-state index is 0.250. The minimum Gasteiger partial charge on any atom is -0.397 e. The van der Waals surface area contributed by atoms with Gasteiger partial charge in [-0.25, -0.2) is 17.6 Å². The van der Waals surface area contributed by atoms with E-state index in [0.717, 1.165) is 0 Å². The van der Waals surface area contributed by atoms with Crippen LogP contribution < -0.4 is 0 Å². The summed E-state index contributed by atoms with van der Waals surface area (Å²) >= 11 is 0. The molecule has 9 heteroatoms. The van der Waals surface area contributed by atoms with Gasteiger partial charge in [0.05, 0.1) is 0 Å². The Morgan fingerprint density at radius 3 is 1.07 bits per heavy atom. The van der Waals surface area contributed by atoms with Gasteiger partial charge in [-0.15, -0.1) is 0 Å². The molecule has 0 atom stereocenters. The summed E-state index contributed by atoms with van der Waals surface area (Å²) in [7, 11) is 0. The van der Waals surface area contributed by atoms with Crippen molar-refractivity contribution in [1.29, 1.82) is 0 Å². The van der Waals surface area contributed by atoms with E-state index >= 15 is 0 Å². The van der Waals surface area contributed by atoms with E-state index in [4.69, 9.17) is 5.11 Å². The van der Waals surface area contributed by atoms with Crippen LogP contribution in [0, 0.1) is 0 Å². The highest BCUT2D eigenvalue weighted by Gasteiger charge is 2.68. The van der Waals surface area contributed by atoms with Crippen LogP contribution in [0.5, 0.6) is 0 Å². The quantitative estimate of drug-likeness (QED) is 0.761. The van der Waals surface area contributed by atoms with Crippen LogP contribution in [0.4, 0.5) is 35.1 Å². The number of aliphatic hydroxyl groups excluding tert-OH is 1. The normalized spacial score (nSPS) is 12.8. The Kier molecular flexibility index (Phi) is 6.82. The second kappa shape index (κ2) is 6.09. The average molecular weight is 248 g/mol. The molecule has 0 aromatic carbocycles. The van der Waals surface area contributed by atoms with Crippen LogP contribution in [0.15, 0.2) is 0 Å². The van der Waals surface area contributed by atoms with Crippen molar-refractivity contribution in [3.8, 4) is 0 Å². The fourth-order valence-electron chi connectivity index (χ4n) is 0.291. The zero-order valence-electron chi connectivity index (χ0n) is 7.33. The Labute approximate surface area is 79.7 Å². The third-order valence-corrected chi connectivity index (χ3v) is 0.993. The molecule has 1 nitrogen and oxygen atoms in total. The van der Waals surface area contributed by atoms with Gasteiger partial charge in [0, 0.05) is 6.61 Å². The summed E-state index contributed by atoms with van der Waals surface area (Å²) in [4.78, 5) is 0. The molecular weight excluding hydrogens is 240 g/mol. The van der Waals surface area contributed by atoms with Gasteiger partial charge in [0.1, 0.15) is 0 Å². The molecule has 0 heterocycles. The first-order chi connectivity index (χ1) is 6.55. The van der Waals surface area contributed by atoms with Gasteiger partial charge in [-0.05, 0) is 6.92 Å². The van der Waals surface area contributed by atoms with E-state index in [1.165, 1.54) is 0 Å². The van der Waals surface area contributed by atoms with Gasteiger partial charge in [0.2, 0.25) is 0 Å². The van der Waals surface area contributed by atoms with Crippen molar-refractivity contribution in [2.75, 3.05) is 6.61 Å². The van der Waals surface area contributed by atoms with Crippen LogP contribution in [0.25, 0.3) is 0 Å². The summed E-state index contributed by atoms with van der Waals surface area (Å²) in [6.45, 7) is 1.93. The Bertz CT molecular complexity index is 151. The number of halogens is 8. The van der Waals surface area contributed by atoms with Crippen LogP contribution in [0.1, 0.15) is 6.92 Å². The van der Waals surface area contributed by atoms with E-state index in [1.54, 1.807) is 6.92 Å². The largest absolute Gasteiger partial charge is 0.397 e. The predicted molar refractivity (Wildman–Crippen MR) is 34.7 cm³/mol. The van der Waals surface area contributed by atoms with Crippen LogP contribution in [0.3, 0.4) is 0 Å². The third kappa shape index (κ3) is 4.18. The molecule has 0 unspecified atom stereocenters. The lowest BCUT2D eigenvalue weighted by atomic mass is 10.2. The molecule has 0 fully saturated rings. The summed E-state index contributed by atoms with van der Waals surface area (Å²) in [6.07, 6.45) is -9.64. The zero-order valence-corrected chi connectivity index (χ0v) is 7.33. The first-order valence-electron chi connectivity index (χ1n) is 3.48. The second-order valence-corrected chi connectivity index (χ2v) is 2.16. The number of hydrogen-bond donors (Lipinski definition) is 1. The summed E-state index contributed by atoms with van der Waals surface area (Å²) in [5, 5.41) is 7.57. The van der Waals surface area contributed by atoms with Gasteiger partial charge >= 0.3 is 24.7 Å². The maximum atomic E-state index is 11.6. The maximum Gasteiger partial charge on any atom is 0.375 e. The zero-order chi connectivity index (χ0) is 12.9. The Morgan fingerprint density at radius 2 is 1.00 bits per heavy atom. The van der Waals surface area contributed by atoms with Gasteiger partial charge in [0.15, 0.2) is 0 Å². The fraction of sp³-hybridized carbons (Fsp3) is 1.00. The van der Waals surface area contributed by atoms with Crippen molar-refractivity contribution in [3.05, 3.63) is 0 Å². The van der Waals surface area contributed by atoms with Crippen LogP contribution in [0.2, 0.25) is 0 Å². The molecule has 0 aliphatic heterocycles. The highest BCUT2D eigenvalue weighted by atomic mass is 19.4. The lowest BCUT2D eigenvalue weighted by Gasteiger charge is -2.24. The molecular formula is C6H8F8O. The molecule has 0 spiro atoms. The van der Waals surface area contributed by atoms with E-state index in [2.05, 4.69) is 0 Å². The summed E-state index contributed by atoms with van der Waals surface area (Å²) < 4.78 is 90.8. The first kappa shape index (κ1) is 16.8. The van der Waals surface area contributed by atoms with Gasteiger partial charge < -0.3 is 5.11 Å². The van der Waals surface area contributed by atoms with E-state index in [1.807, 2.05) is 0 Å². The van der Waals surface area contributed by atoms with Gasteiger partial charge in [-0.2, -0.15) is 17.6 Å². The Hall–Kier alpha value is -0.600. The number of rotatable bonds is 3. The van der Waals surface area contributed by atoms with Crippen molar-refractivity contribution in [2.45, 2.75) is 31.6 Å². The van der Waals surface area contributed by atoms with Crippen molar-refractivity contribution in [2.24, 2.45) is 0 Å². The molecule has 0 aliphatic carbocycles. The highest BCUT2D eigenvalue weighted by molar-refractivity contribution is 4.88. The van der Waals surface area contributed by atoms with Crippen LogP contribution in [-0.4, -0.2) is 36.4 Å². The molecule has 0 rings (SSSR count). The summed E-state index contributed by atoms with van der Waals surface area (Å²) in [5.41, 5.74) is 0. The fourth-order valence-corrected chi connectivity index (χ4v) is 0.291. The minimum atomic E-state index is -6.00. The molecule has 0 radical (unpaired) electrons. The molecule has 94 valence electrons. The molecule has 15 heavy (non-hydrogen) atoms. The molecule has 0 saturated heterocycles. The third-order valence-electron chi connectivity index (χ3n) is 0.993. The van der Waals surface area contributed by atoms with E-state index < -0.39 is 24.7 Å². The maximum absolute atomic E-state index is 11.6. The molecule has 0 saturated carbocycles. The summed E-state index contributed by atoms with van der Waals surface area (Å²) in [6, 6.07) is 0. The lowest BCUT2D eigenvalue weighted by Crippen LogP contribution is -2.51. The standard InChI is InChI=1S/C4H2F8.C2H6O/c5-1(6)3(9,10)4(11,12)2(7)8;1-2-3/h1-2H;3H,2H2,1H3.